The number of aromatic hydroxyl groups is 4. The highest BCUT2D eigenvalue weighted by atomic mass is 16.8. The normalized spacial score (nSPS) is 31.8. The number of benzene rings is 4. The third kappa shape index (κ3) is 9.90. The number of aromatic amines is 1. The average molecular weight is 1160 g/mol. The predicted molar refractivity (Wildman–Crippen MR) is 303 cm³/mol. The zero-order valence-electron chi connectivity index (χ0n) is 46.0. The summed E-state index contributed by atoms with van der Waals surface area (Å²) in [5, 5.41) is 142. The van der Waals surface area contributed by atoms with Crippen LogP contribution in [0.1, 0.15) is 96.4 Å². The van der Waals surface area contributed by atoms with Crippen molar-refractivity contribution < 1.29 is 80.3 Å². The number of aliphatic carboxylic acids is 1. The van der Waals surface area contributed by atoms with E-state index in [0.29, 0.717) is 92.4 Å². The molecule has 4 aliphatic carbocycles. The fraction of sp³-hybridized carbons (Fsp3) is 0.452. The van der Waals surface area contributed by atoms with Gasteiger partial charge in [0.05, 0.1) is 31.3 Å². The lowest BCUT2D eigenvalue weighted by atomic mass is 9.44. The van der Waals surface area contributed by atoms with Gasteiger partial charge in [0.25, 0.3) is 5.91 Å². The number of guanidine groups is 1. The number of phenolic OH excluding ortho intramolecular Hbond substituents is 4. The van der Waals surface area contributed by atoms with Crippen LogP contribution in [-0.4, -0.2) is 151 Å². The van der Waals surface area contributed by atoms with Gasteiger partial charge in [0, 0.05) is 77.5 Å². The second-order valence-electron chi connectivity index (χ2n) is 23.4. The molecule has 1 amide bonds. The Kier molecular flexibility index (Phi) is 16.0. The first-order valence-electron chi connectivity index (χ1n) is 28.6. The number of carbonyl (C=O) groups is 2. The number of H-pyrrole nitrogens is 1. The monoisotopic (exact) mass is 1160 g/mol. The van der Waals surface area contributed by atoms with Gasteiger partial charge in [0.2, 0.25) is 5.75 Å². The highest BCUT2D eigenvalue weighted by molar-refractivity contribution is 6.14. The maximum absolute atomic E-state index is 15.7. The van der Waals surface area contributed by atoms with E-state index in [1.54, 1.807) is 30.5 Å². The van der Waals surface area contributed by atoms with Gasteiger partial charge in [-0.2, -0.15) is 0 Å². The van der Waals surface area contributed by atoms with Gasteiger partial charge in [0.15, 0.2) is 29.1 Å². The molecule has 2 saturated carbocycles. The molecular formula is C62H72N6O16. The molecule has 16 N–H and O–H groups in total. The lowest BCUT2D eigenvalue weighted by molar-refractivity contribution is -0.422. The number of nitrogens with two attached hydrogens (primary N) is 1. The van der Waals surface area contributed by atoms with Gasteiger partial charge in [0.1, 0.15) is 29.8 Å². The number of nitrogens with zero attached hydrogens (tertiary/aromatic N) is 3. The highest BCUT2D eigenvalue weighted by Crippen LogP contribution is 2.73. The Morgan fingerprint density at radius 1 is 0.905 bits per heavy atom. The topological polar surface area (TPSA) is 378 Å². The lowest BCUT2D eigenvalue weighted by Gasteiger charge is -2.59. The van der Waals surface area contributed by atoms with Crippen molar-refractivity contribution in [2.45, 2.75) is 124 Å². The molecule has 3 heterocycles. The van der Waals surface area contributed by atoms with Gasteiger partial charge in [-0.3, -0.25) is 9.69 Å². The van der Waals surface area contributed by atoms with Crippen molar-refractivity contribution in [3.05, 3.63) is 142 Å². The van der Waals surface area contributed by atoms with Crippen LogP contribution < -0.4 is 20.7 Å². The third-order valence-corrected chi connectivity index (χ3v) is 19.0. The maximum atomic E-state index is 15.7. The Hall–Kier alpha value is -7.54. The first-order valence-corrected chi connectivity index (χ1v) is 28.6. The summed E-state index contributed by atoms with van der Waals surface area (Å²) < 4.78 is 11.1. The third-order valence-electron chi connectivity index (χ3n) is 19.0. The largest absolute Gasteiger partial charge is 0.508 e. The minimum atomic E-state index is -3.36. The van der Waals surface area contributed by atoms with Gasteiger partial charge in [-0.05, 0) is 122 Å². The van der Waals surface area contributed by atoms with E-state index < -0.39 is 113 Å². The van der Waals surface area contributed by atoms with Crippen LogP contribution in [0.15, 0.2) is 108 Å². The minimum Gasteiger partial charge on any atom is -0.508 e. The molecular weight excluding hydrogens is 1080 g/mol. The Bertz CT molecular complexity index is 3360. The number of aliphatic hydroxyl groups is 7. The van der Waals surface area contributed by atoms with Crippen LogP contribution in [0.5, 0.6) is 28.7 Å². The number of aliphatic imine (C=N–C) groups is 1. The number of ether oxygens (including phenoxy) is 2. The summed E-state index contributed by atoms with van der Waals surface area (Å²) in [6.07, 6.45) is 2.37. The van der Waals surface area contributed by atoms with Crippen LogP contribution in [0.25, 0.3) is 6.08 Å². The molecule has 3 fully saturated rings. The van der Waals surface area contributed by atoms with Crippen LogP contribution in [0, 0.1) is 29.6 Å². The predicted octanol–water partition coefficient (Wildman–Crippen LogP) is 3.41. The van der Waals surface area contributed by atoms with Crippen molar-refractivity contribution in [3.63, 3.8) is 0 Å². The van der Waals surface area contributed by atoms with Crippen LogP contribution in [0.3, 0.4) is 0 Å². The van der Waals surface area contributed by atoms with Crippen molar-refractivity contribution in [1.82, 2.24) is 15.3 Å². The molecule has 0 radical (unpaired) electrons. The first kappa shape index (κ1) is 58.2. The molecule has 446 valence electrons. The zero-order chi connectivity index (χ0) is 59.4. The highest BCUT2D eigenvalue weighted by Gasteiger charge is 2.72. The fourth-order valence-electron chi connectivity index (χ4n) is 15.2. The molecule has 1 saturated heterocycles. The number of nitrogens with one attached hydrogen (secondary N) is 2. The summed E-state index contributed by atoms with van der Waals surface area (Å²) in [6, 6.07) is 20.4. The van der Waals surface area contributed by atoms with Crippen molar-refractivity contribution in [2.75, 3.05) is 24.7 Å². The number of hydrogen-bond acceptors (Lipinski definition) is 17. The second kappa shape index (κ2) is 23.1. The number of hydrogen-bond donors (Lipinski definition) is 15. The molecule has 0 spiro atoms. The minimum absolute atomic E-state index is 0.0471. The van der Waals surface area contributed by atoms with E-state index in [4.69, 9.17) is 15.2 Å². The molecule has 2 aliphatic heterocycles. The van der Waals surface area contributed by atoms with E-state index in [9.17, 15) is 61.3 Å². The number of allylic oxidation sites excluding steroid dienone is 1. The van der Waals surface area contributed by atoms with Gasteiger partial charge in [-0.15, -0.1) is 0 Å². The van der Waals surface area contributed by atoms with Crippen LogP contribution >= 0.6 is 0 Å². The molecule has 14 atom stereocenters. The molecule has 11 rings (SSSR count). The summed E-state index contributed by atoms with van der Waals surface area (Å²) >= 11 is 0. The SMILES string of the molecule is NC(=NCc1ccccc1)NCCC1CCC(C2=CC3(C(=O)O)C(c4c(cc(OC5(O)OC(CO)C(O)C(O)C5O)c(O)c4O)N3C(=O)C=Cc3ccc(O)c(Cc4cnc[nH]4)c3)C2C23c4c(O)cccc4CCC2CCCC3CO)CC1O. The van der Waals surface area contributed by atoms with Crippen molar-refractivity contribution >= 4 is 29.6 Å². The van der Waals surface area contributed by atoms with E-state index in [2.05, 4.69) is 20.3 Å². The Morgan fingerprint density at radius 2 is 1.70 bits per heavy atom. The van der Waals surface area contributed by atoms with E-state index >= 15 is 9.59 Å². The van der Waals surface area contributed by atoms with Gasteiger partial charge < -0.3 is 86.8 Å². The summed E-state index contributed by atoms with van der Waals surface area (Å²) in [5.41, 5.74) is 6.13. The smallest absolute Gasteiger partial charge is 0.355 e. The molecule has 1 aromatic heterocycles. The van der Waals surface area contributed by atoms with Crippen LogP contribution in [-0.2, 0) is 39.1 Å². The van der Waals surface area contributed by atoms with E-state index in [1.807, 2.05) is 36.4 Å². The number of carboxylic acid groups (broad SMARTS) is 1. The number of fused-ring (bicyclic) bond motifs is 6. The zero-order valence-corrected chi connectivity index (χ0v) is 46.0. The quantitative estimate of drug-likeness (QED) is 0.0168. The number of aromatic nitrogens is 2. The number of aliphatic hydroxyl groups excluding tert-OH is 6. The van der Waals surface area contributed by atoms with Gasteiger partial charge in [-0.1, -0.05) is 60.5 Å². The summed E-state index contributed by atoms with van der Waals surface area (Å²) in [7, 11) is 0. The molecule has 84 heavy (non-hydrogen) atoms. The summed E-state index contributed by atoms with van der Waals surface area (Å²) in [6.45, 7) is -0.639. The number of amides is 1. The number of anilines is 1. The number of phenols is 4. The summed E-state index contributed by atoms with van der Waals surface area (Å²) in [4.78, 5) is 43.4. The van der Waals surface area contributed by atoms with Crippen molar-refractivity contribution in [1.29, 1.82) is 0 Å². The van der Waals surface area contributed by atoms with E-state index in [-0.39, 0.29) is 53.4 Å². The average Bonchev–Trinajstić information content (AvgIpc) is 1.50. The van der Waals surface area contributed by atoms with E-state index in [1.165, 1.54) is 24.5 Å². The second-order valence-corrected chi connectivity index (χ2v) is 23.4. The van der Waals surface area contributed by atoms with Crippen molar-refractivity contribution in [2.24, 2.45) is 40.3 Å². The Balaban J connectivity index is 1.07. The summed E-state index contributed by atoms with van der Waals surface area (Å²) in [5.74, 6) is -13.3. The van der Waals surface area contributed by atoms with E-state index in [0.717, 1.165) is 28.2 Å². The molecule has 5 aromatic rings. The number of carboxylic acids is 1. The standard InChI is InChI=1S/C62H72N6O16/c63-59(66-27-33-6-2-1-3-7-33)65-21-20-34-14-15-36(24-45(34)73)41-26-60(58(80)81)52(51(41)61-38(9-5-10-39(61)29-69)17-16-35-8-4-11-44(72)50(35)61)49-42(25-46(53(75)55(49)77)83-62(82)57(79)56(78)54(76)47(30-70)84-62)68(60)48(74)19-13-32-12-18-43(71)37(22-32)23-40-28-64-31-67-40/h1-4,6-8,11-13,18-19,22,25-26,28,31,34,36,38-39,45,47,51-52,54,56-57,69-73,75-79,82H,5,9-10,14-17,20-21,23-24,27,29-30H2,(H,64,67)(H,80,81)(H3,63,65,66). The van der Waals surface area contributed by atoms with Crippen molar-refractivity contribution in [3.8, 4) is 28.7 Å². The molecule has 22 heteroatoms. The molecule has 6 aliphatic rings. The maximum Gasteiger partial charge on any atom is 0.355 e. The Labute approximate surface area is 483 Å². The van der Waals surface area contributed by atoms with Crippen LogP contribution in [0.2, 0.25) is 0 Å². The van der Waals surface area contributed by atoms with Crippen LogP contribution in [0.4, 0.5) is 5.69 Å². The molecule has 14 unspecified atom stereocenters. The lowest BCUT2D eigenvalue weighted by Crippen LogP contribution is -2.67. The number of carbonyl (C=O) groups excluding carboxylic acids is 1. The number of rotatable bonds is 16. The number of imidazole rings is 1. The van der Waals surface area contributed by atoms with Gasteiger partial charge in [-0.25, -0.2) is 14.8 Å². The molecule has 22 nitrogen and oxygen atoms in total. The Morgan fingerprint density at radius 3 is 2.43 bits per heavy atom. The first-order chi connectivity index (χ1) is 40.4. The fourth-order valence-corrected chi connectivity index (χ4v) is 15.2. The number of aryl methyl sites for hydroxylation is 1. The molecule has 4 aromatic carbocycles. The van der Waals surface area contributed by atoms with Gasteiger partial charge >= 0.3 is 11.9 Å². The molecule has 0 bridgehead atoms.